The molecule has 1 aromatic rings. The van der Waals surface area contributed by atoms with Crippen LogP contribution in [0.4, 0.5) is 0 Å². The second-order valence-electron chi connectivity index (χ2n) is 3.33. The topological polar surface area (TPSA) is 74.6 Å². The van der Waals surface area contributed by atoms with E-state index < -0.39 is 5.97 Å². The zero-order valence-electron chi connectivity index (χ0n) is 8.80. The average Bonchev–Trinajstić information content (AvgIpc) is 2.16. The average molecular weight is 220 g/mol. The van der Waals surface area contributed by atoms with E-state index >= 15 is 0 Å². The lowest BCUT2D eigenvalue weighted by Gasteiger charge is -2.01. The Morgan fingerprint density at radius 3 is 2.56 bits per heavy atom. The van der Waals surface area contributed by atoms with Gasteiger partial charge in [-0.15, -0.1) is 0 Å². The molecule has 0 aliphatic carbocycles. The summed E-state index contributed by atoms with van der Waals surface area (Å²) < 4.78 is 0. The van der Waals surface area contributed by atoms with Crippen LogP contribution >= 0.6 is 0 Å². The van der Waals surface area contributed by atoms with Crippen LogP contribution in [0.15, 0.2) is 24.3 Å². The molecule has 16 heavy (non-hydrogen) atoms. The SMILES string of the molecule is CC(=O)c1ccc(C=CCC(=O)O)cc1O. The van der Waals surface area contributed by atoms with Crippen LogP contribution in [-0.2, 0) is 4.79 Å². The van der Waals surface area contributed by atoms with E-state index in [1.807, 2.05) is 0 Å². The molecule has 0 unspecified atom stereocenters. The third kappa shape index (κ3) is 3.24. The molecule has 0 amide bonds. The largest absolute Gasteiger partial charge is 0.507 e. The lowest BCUT2D eigenvalue weighted by atomic mass is 10.1. The molecule has 0 radical (unpaired) electrons. The summed E-state index contributed by atoms with van der Waals surface area (Å²) in [4.78, 5) is 21.3. The van der Waals surface area contributed by atoms with Crippen molar-refractivity contribution in [3.8, 4) is 5.75 Å². The van der Waals surface area contributed by atoms with Crippen LogP contribution in [0.2, 0.25) is 0 Å². The van der Waals surface area contributed by atoms with E-state index in [-0.39, 0.29) is 23.5 Å². The molecule has 0 spiro atoms. The molecule has 0 bridgehead atoms. The molecular formula is C12H12O4. The second-order valence-corrected chi connectivity index (χ2v) is 3.33. The second kappa shape index (κ2) is 5.11. The normalized spacial score (nSPS) is 10.6. The smallest absolute Gasteiger partial charge is 0.307 e. The highest BCUT2D eigenvalue weighted by molar-refractivity contribution is 5.96. The van der Waals surface area contributed by atoms with Crippen LogP contribution in [0, 0.1) is 0 Å². The summed E-state index contributed by atoms with van der Waals surface area (Å²) in [6.07, 6.45) is 2.98. The van der Waals surface area contributed by atoms with E-state index in [1.165, 1.54) is 25.1 Å². The molecule has 0 aromatic heterocycles. The molecule has 0 atom stereocenters. The van der Waals surface area contributed by atoms with Gasteiger partial charge in [-0.25, -0.2) is 0 Å². The highest BCUT2D eigenvalue weighted by Gasteiger charge is 2.05. The Bertz CT molecular complexity index is 446. The Kier molecular flexibility index (Phi) is 3.83. The molecule has 4 nitrogen and oxygen atoms in total. The van der Waals surface area contributed by atoms with Gasteiger partial charge in [0.25, 0.3) is 0 Å². The van der Waals surface area contributed by atoms with E-state index in [0.29, 0.717) is 5.56 Å². The number of hydrogen-bond acceptors (Lipinski definition) is 3. The first kappa shape index (κ1) is 12.0. The number of rotatable bonds is 4. The molecule has 84 valence electrons. The number of aliphatic carboxylic acids is 1. The molecule has 0 saturated heterocycles. The number of carbonyl (C=O) groups is 2. The fourth-order valence-electron chi connectivity index (χ4n) is 1.25. The summed E-state index contributed by atoms with van der Waals surface area (Å²) in [6, 6.07) is 4.59. The van der Waals surface area contributed by atoms with Crippen LogP contribution in [0.1, 0.15) is 29.3 Å². The van der Waals surface area contributed by atoms with Gasteiger partial charge in [0.15, 0.2) is 5.78 Å². The molecule has 0 aliphatic heterocycles. The lowest BCUT2D eigenvalue weighted by molar-refractivity contribution is -0.135. The fourth-order valence-corrected chi connectivity index (χ4v) is 1.25. The predicted octanol–water partition coefficient (Wildman–Crippen LogP) is 2.08. The van der Waals surface area contributed by atoms with E-state index in [1.54, 1.807) is 12.1 Å². The third-order valence-corrected chi connectivity index (χ3v) is 2.00. The first-order valence-electron chi connectivity index (χ1n) is 4.73. The zero-order valence-corrected chi connectivity index (χ0v) is 8.80. The van der Waals surface area contributed by atoms with E-state index in [2.05, 4.69) is 0 Å². The maximum absolute atomic E-state index is 11.0. The minimum absolute atomic E-state index is 0.0742. The predicted molar refractivity (Wildman–Crippen MR) is 59.4 cm³/mol. The first-order valence-corrected chi connectivity index (χ1v) is 4.73. The van der Waals surface area contributed by atoms with Crippen molar-refractivity contribution in [1.29, 1.82) is 0 Å². The van der Waals surface area contributed by atoms with Gasteiger partial charge >= 0.3 is 5.97 Å². The quantitative estimate of drug-likeness (QED) is 0.762. The molecular weight excluding hydrogens is 208 g/mol. The number of aromatic hydroxyl groups is 1. The summed E-state index contributed by atoms with van der Waals surface area (Å²) in [6.45, 7) is 1.37. The van der Waals surface area contributed by atoms with Crippen LogP contribution in [-0.4, -0.2) is 22.0 Å². The maximum Gasteiger partial charge on any atom is 0.307 e. The lowest BCUT2D eigenvalue weighted by Crippen LogP contribution is -1.92. The van der Waals surface area contributed by atoms with Gasteiger partial charge in [-0.3, -0.25) is 9.59 Å². The highest BCUT2D eigenvalue weighted by atomic mass is 16.4. The molecule has 0 fully saturated rings. The number of hydrogen-bond donors (Lipinski definition) is 2. The molecule has 0 saturated carbocycles. The first-order chi connectivity index (χ1) is 7.50. The minimum atomic E-state index is -0.916. The monoisotopic (exact) mass is 220 g/mol. The Labute approximate surface area is 92.8 Å². The number of carboxylic acid groups (broad SMARTS) is 1. The van der Waals surface area contributed by atoms with Crippen molar-refractivity contribution in [3.63, 3.8) is 0 Å². The van der Waals surface area contributed by atoms with Gasteiger partial charge in [0.05, 0.1) is 12.0 Å². The molecule has 4 heteroatoms. The number of carboxylic acids is 1. The number of ketones is 1. The number of phenolic OH excluding ortho intramolecular Hbond substituents is 1. The molecule has 1 aromatic carbocycles. The third-order valence-electron chi connectivity index (χ3n) is 2.00. The van der Waals surface area contributed by atoms with E-state index in [9.17, 15) is 14.7 Å². The van der Waals surface area contributed by atoms with Gasteiger partial charge in [-0.05, 0) is 24.6 Å². The van der Waals surface area contributed by atoms with Gasteiger partial charge < -0.3 is 10.2 Å². The number of carbonyl (C=O) groups excluding carboxylic acids is 1. The molecule has 0 heterocycles. The Morgan fingerprint density at radius 1 is 1.38 bits per heavy atom. The van der Waals surface area contributed by atoms with Crippen molar-refractivity contribution in [1.82, 2.24) is 0 Å². The van der Waals surface area contributed by atoms with Crippen molar-refractivity contribution in [2.45, 2.75) is 13.3 Å². The van der Waals surface area contributed by atoms with Gasteiger partial charge in [-0.1, -0.05) is 18.2 Å². The summed E-state index contributed by atoms with van der Waals surface area (Å²) in [5.41, 5.74) is 0.916. The van der Waals surface area contributed by atoms with E-state index in [4.69, 9.17) is 5.11 Å². The molecule has 2 N–H and O–H groups in total. The van der Waals surface area contributed by atoms with Gasteiger partial charge in [-0.2, -0.15) is 0 Å². The van der Waals surface area contributed by atoms with Crippen molar-refractivity contribution < 1.29 is 19.8 Å². The fraction of sp³-hybridized carbons (Fsp3) is 0.167. The van der Waals surface area contributed by atoms with Crippen LogP contribution in [0.25, 0.3) is 6.08 Å². The van der Waals surface area contributed by atoms with Gasteiger partial charge in [0, 0.05) is 0 Å². The maximum atomic E-state index is 11.0. The summed E-state index contributed by atoms with van der Waals surface area (Å²) >= 11 is 0. The number of benzene rings is 1. The summed E-state index contributed by atoms with van der Waals surface area (Å²) in [5, 5.41) is 17.9. The standard InChI is InChI=1S/C12H12O4/c1-8(13)10-6-5-9(7-11(10)14)3-2-4-12(15)16/h2-3,5-7,14H,4H2,1H3,(H,15,16). The van der Waals surface area contributed by atoms with Crippen LogP contribution in [0.3, 0.4) is 0 Å². The van der Waals surface area contributed by atoms with E-state index in [0.717, 1.165) is 0 Å². The zero-order chi connectivity index (χ0) is 12.1. The number of phenols is 1. The van der Waals surface area contributed by atoms with Crippen molar-refractivity contribution >= 4 is 17.8 Å². The molecule has 1 rings (SSSR count). The molecule has 0 aliphatic rings. The van der Waals surface area contributed by atoms with Crippen LogP contribution < -0.4 is 0 Å². The summed E-state index contributed by atoms with van der Waals surface area (Å²) in [7, 11) is 0. The van der Waals surface area contributed by atoms with Gasteiger partial charge in [0.2, 0.25) is 0 Å². The van der Waals surface area contributed by atoms with Gasteiger partial charge in [0.1, 0.15) is 5.75 Å². The van der Waals surface area contributed by atoms with Crippen molar-refractivity contribution in [2.75, 3.05) is 0 Å². The Balaban J connectivity index is 2.85. The summed E-state index contributed by atoms with van der Waals surface area (Å²) in [5.74, 6) is -1.22. The Hall–Kier alpha value is -2.10. The van der Waals surface area contributed by atoms with Crippen molar-refractivity contribution in [2.24, 2.45) is 0 Å². The number of Topliss-reactive ketones (excluding diaryl/α,β-unsaturated/α-hetero) is 1. The van der Waals surface area contributed by atoms with Crippen molar-refractivity contribution in [3.05, 3.63) is 35.4 Å². The Morgan fingerprint density at radius 2 is 2.06 bits per heavy atom. The van der Waals surface area contributed by atoms with Crippen LogP contribution in [0.5, 0.6) is 5.75 Å². The highest BCUT2D eigenvalue weighted by Crippen LogP contribution is 2.20. The minimum Gasteiger partial charge on any atom is -0.507 e.